The minimum absolute atomic E-state index is 0.0646. The van der Waals surface area contributed by atoms with Crippen LogP contribution >= 0.6 is 0 Å². The summed E-state index contributed by atoms with van der Waals surface area (Å²) in [5.41, 5.74) is 1.36. The summed E-state index contributed by atoms with van der Waals surface area (Å²) in [4.78, 5) is 33.3. The Morgan fingerprint density at radius 1 is 0.978 bits per heavy atom. The molecule has 2 saturated heterocycles. The van der Waals surface area contributed by atoms with E-state index in [9.17, 15) is 22.4 Å². The molecule has 240 valence electrons. The summed E-state index contributed by atoms with van der Waals surface area (Å²) in [6.07, 6.45) is 1.43. The highest BCUT2D eigenvalue weighted by atomic mass is 32.2. The third-order valence-electron chi connectivity index (χ3n) is 8.44. The Bertz CT molecular complexity index is 1670. The van der Waals surface area contributed by atoms with Gasteiger partial charge in [-0.3, -0.25) is 19.5 Å². The first-order valence-electron chi connectivity index (χ1n) is 15.3. The molecule has 11 heteroatoms. The van der Waals surface area contributed by atoms with E-state index >= 15 is 0 Å². The largest absolute Gasteiger partial charge is 0.491 e. The van der Waals surface area contributed by atoms with Gasteiger partial charge in [0.1, 0.15) is 17.1 Å². The molecular formula is C34H41FN4O5S. The number of urea groups is 1. The predicted molar refractivity (Wildman–Crippen MR) is 172 cm³/mol. The molecule has 0 radical (unpaired) electrons. The lowest BCUT2D eigenvalue weighted by molar-refractivity contribution is -0.132. The minimum atomic E-state index is -3.65. The van der Waals surface area contributed by atoms with Gasteiger partial charge in [-0.25, -0.2) is 21.9 Å². The summed E-state index contributed by atoms with van der Waals surface area (Å²) < 4.78 is 47.2. The molecule has 0 aliphatic carbocycles. The van der Waals surface area contributed by atoms with E-state index < -0.39 is 27.4 Å². The quantitative estimate of drug-likeness (QED) is 0.264. The van der Waals surface area contributed by atoms with Crippen LogP contribution in [0.15, 0.2) is 71.6 Å². The number of amides is 3. The van der Waals surface area contributed by atoms with Crippen molar-refractivity contribution in [1.29, 1.82) is 0 Å². The summed E-state index contributed by atoms with van der Waals surface area (Å²) in [5, 5.41) is 0. The van der Waals surface area contributed by atoms with Crippen LogP contribution in [0.4, 0.5) is 14.9 Å². The molecule has 0 saturated carbocycles. The second-order valence-electron chi connectivity index (χ2n) is 12.2. The van der Waals surface area contributed by atoms with Crippen molar-refractivity contribution >= 4 is 27.6 Å². The highest BCUT2D eigenvalue weighted by Crippen LogP contribution is 2.45. The van der Waals surface area contributed by atoms with Crippen molar-refractivity contribution in [3.05, 3.63) is 78.1 Å². The highest BCUT2D eigenvalue weighted by molar-refractivity contribution is 7.89. The number of hydrogen-bond acceptors (Lipinski definition) is 6. The van der Waals surface area contributed by atoms with E-state index in [-0.39, 0.29) is 23.5 Å². The lowest BCUT2D eigenvalue weighted by Gasteiger charge is -2.42. The summed E-state index contributed by atoms with van der Waals surface area (Å²) in [5.74, 6) is 0.00899. The van der Waals surface area contributed by atoms with Gasteiger partial charge >= 0.3 is 6.03 Å². The van der Waals surface area contributed by atoms with Gasteiger partial charge in [0.2, 0.25) is 10.0 Å². The molecule has 0 bridgehead atoms. The molecule has 3 aromatic rings. The number of ether oxygens (including phenoxy) is 1. The van der Waals surface area contributed by atoms with Gasteiger partial charge in [0, 0.05) is 45.8 Å². The number of benzene rings is 3. The second-order valence-corrected chi connectivity index (χ2v) is 14.3. The Balaban J connectivity index is 1.48. The van der Waals surface area contributed by atoms with Crippen molar-refractivity contribution in [2.45, 2.75) is 63.1 Å². The maximum absolute atomic E-state index is 14.9. The van der Waals surface area contributed by atoms with E-state index in [1.165, 1.54) is 48.2 Å². The molecule has 1 spiro atoms. The number of sulfonamides is 1. The molecule has 5 rings (SSSR count). The average molecular weight is 637 g/mol. The van der Waals surface area contributed by atoms with Crippen molar-refractivity contribution in [2.24, 2.45) is 0 Å². The average Bonchev–Trinajstić information content (AvgIpc) is 3.19. The lowest BCUT2D eigenvalue weighted by atomic mass is 9.84. The van der Waals surface area contributed by atoms with E-state index in [2.05, 4.69) is 4.90 Å². The van der Waals surface area contributed by atoms with Crippen molar-refractivity contribution in [3.63, 3.8) is 0 Å². The van der Waals surface area contributed by atoms with Crippen molar-refractivity contribution in [1.82, 2.24) is 14.1 Å². The van der Waals surface area contributed by atoms with Crippen LogP contribution in [0.2, 0.25) is 0 Å². The maximum atomic E-state index is 14.9. The van der Waals surface area contributed by atoms with Gasteiger partial charge in [-0.05, 0) is 86.7 Å². The first-order valence-corrected chi connectivity index (χ1v) is 16.8. The van der Waals surface area contributed by atoms with Gasteiger partial charge < -0.3 is 4.74 Å². The number of likely N-dealkylation sites (tertiary alicyclic amines) is 1. The molecule has 0 unspecified atom stereocenters. The zero-order valence-corrected chi connectivity index (χ0v) is 27.3. The number of carbonyl (C=O) groups excluding carboxylic acids is 2. The molecule has 2 aliphatic rings. The summed E-state index contributed by atoms with van der Waals surface area (Å²) in [6.45, 7) is 7.94. The minimum Gasteiger partial charge on any atom is -0.491 e. The van der Waals surface area contributed by atoms with Crippen LogP contribution in [-0.2, 0) is 21.4 Å². The fraction of sp³-hybridized carbons (Fsp3) is 0.412. The van der Waals surface area contributed by atoms with Crippen molar-refractivity contribution in [2.75, 3.05) is 38.6 Å². The Hall–Kier alpha value is -3.80. The molecule has 2 heterocycles. The second kappa shape index (κ2) is 12.9. The van der Waals surface area contributed by atoms with Gasteiger partial charge in [-0.2, -0.15) is 0 Å². The van der Waals surface area contributed by atoms with Crippen LogP contribution in [0, 0.1) is 5.82 Å². The Morgan fingerprint density at radius 3 is 2.29 bits per heavy atom. The van der Waals surface area contributed by atoms with Crippen LogP contribution in [0.3, 0.4) is 0 Å². The molecule has 2 fully saturated rings. The van der Waals surface area contributed by atoms with Crippen molar-refractivity contribution < 1.29 is 27.1 Å². The van der Waals surface area contributed by atoms with E-state index in [4.69, 9.17) is 4.74 Å². The summed E-state index contributed by atoms with van der Waals surface area (Å²) in [6, 6.07) is 18.0. The zero-order valence-electron chi connectivity index (χ0n) is 26.5. The number of nitrogens with zero attached hydrogens (tertiary/aromatic N) is 4. The van der Waals surface area contributed by atoms with Gasteiger partial charge in [0.05, 0.1) is 16.7 Å². The molecular weight excluding hydrogens is 595 g/mol. The molecule has 3 aromatic carbocycles. The van der Waals surface area contributed by atoms with Gasteiger partial charge in [-0.1, -0.05) is 31.2 Å². The van der Waals surface area contributed by atoms with Gasteiger partial charge in [0.15, 0.2) is 0 Å². The van der Waals surface area contributed by atoms with E-state index in [1.807, 2.05) is 45.0 Å². The van der Waals surface area contributed by atoms with Crippen molar-refractivity contribution in [3.8, 4) is 16.9 Å². The van der Waals surface area contributed by atoms with E-state index in [0.717, 1.165) is 15.6 Å². The maximum Gasteiger partial charge on any atom is 0.332 e. The van der Waals surface area contributed by atoms with Gasteiger partial charge in [-0.15, -0.1) is 0 Å². The lowest BCUT2D eigenvalue weighted by Crippen LogP contribution is -2.56. The van der Waals surface area contributed by atoms with Crippen LogP contribution in [0.25, 0.3) is 11.1 Å². The number of anilines is 1. The first kappa shape index (κ1) is 32.6. The van der Waals surface area contributed by atoms with Crippen LogP contribution in [0.5, 0.6) is 5.75 Å². The summed E-state index contributed by atoms with van der Waals surface area (Å²) in [7, 11) is -0.729. The molecule has 0 N–H and O–H groups in total. The number of rotatable bonds is 10. The van der Waals surface area contributed by atoms with Crippen LogP contribution in [-0.4, -0.2) is 79.8 Å². The smallest absolute Gasteiger partial charge is 0.332 e. The van der Waals surface area contributed by atoms with E-state index in [0.29, 0.717) is 55.7 Å². The number of hydrogen-bond donors (Lipinski definition) is 0. The Morgan fingerprint density at radius 2 is 1.67 bits per heavy atom. The SMILES string of the molecule is CCCN1C(=O)N(c2cc(F)ccc2-c2ccc(S(=O)(=O)N(C)C)cc2)C2(CCN(Cc3cccc(OC(C)C)c3)CC2)C1=O. The normalized spacial score (nSPS) is 17.2. The molecule has 9 nitrogen and oxygen atoms in total. The van der Waals surface area contributed by atoms with Crippen LogP contribution < -0.4 is 9.64 Å². The number of halogens is 1. The standard InChI is InChI=1S/C34H41FN4O5S/c1-6-18-38-32(40)34(16-19-37(20-17-34)23-25-8-7-9-28(21-25)44-24(2)3)39(33(38)41)31-22-27(35)12-15-30(31)26-10-13-29(14-11-26)45(42,43)36(4)5/h7-15,21-22,24H,6,16-20,23H2,1-5H3. The molecule has 2 aliphatic heterocycles. The number of carbonyl (C=O) groups is 2. The third kappa shape index (κ3) is 6.34. The Kier molecular flexibility index (Phi) is 9.34. The molecule has 45 heavy (non-hydrogen) atoms. The van der Waals surface area contributed by atoms with Crippen LogP contribution in [0.1, 0.15) is 45.6 Å². The number of imide groups is 1. The summed E-state index contributed by atoms with van der Waals surface area (Å²) >= 11 is 0. The van der Waals surface area contributed by atoms with E-state index in [1.54, 1.807) is 18.2 Å². The number of piperidine rings is 1. The molecule has 0 aromatic heterocycles. The molecule has 0 atom stereocenters. The first-order chi connectivity index (χ1) is 21.4. The fourth-order valence-electron chi connectivity index (χ4n) is 6.21. The van der Waals surface area contributed by atoms with Gasteiger partial charge in [0.25, 0.3) is 5.91 Å². The predicted octanol–water partition coefficient (Wildman–Crippen LogP) is 5.74. The Labute approximate surface area is 265 Å². The third-order valence-corrected chi connectivity index (χ3v) is 10.3. The monoisotopic (exact) mass is 636 g/mol. The highest BCUT2D eigenvalue weighted by Gasteiger charge is 2.58. The molecule has 3 amide bonds. The zero-order chi connectivity index (χ0) is 32.5. The topological polar surface area (TPSA) is 90.5 Å². The fourth-order valence-corrected chi connectivity index (χ4v) is 7.11.